The number of rotatable bonds is 3. The summed E-state index contributed by atoms with van der Waals surface area (Å²) < 4.78 is 22.1. The van der Waals surface area contributed by atoms with Gasteiger partial charge in [-0.1, -0.05) is 0 Å². The van der Waals surface area contributed by atoms with E-state index < -0.39 is 6.09 Å². The SMILES string of the molecule is CNC(=O)OCc1cc2c(c3c1C1OC(C)OC1C3)C(=O)C(C)=C(OC)C2=O. The van der Waals surface area contributed by atoms with E-state index in [2.05, 4.69) is 5.32 Å². The molecule has 1 heterocycles. The lowest BCUT2D eigenvalue weighted by atomic mass is 9.82. The minimum atomic E-state index is -0.589. The number of Topliss-reactive ketones (excluding diaryl/α,β-unsaturated/α-hetero) is 2. The highest BCUT2D eigenvalue weighted by molar-refractivity contribution is 6.26. The van der Waals surface area contributed by atoms with Gasteiger partial charge in [-0.15, -0.1) is 0 Å². The van der Waals surface area contributed by atoms with Crippen LogP contribution in [0.4, 0.5) is 4.79 Å². The van der Waals surface area contributed by atoms with Crippen molar-refractivity contribution in [2.24, 2.45) is 0 Å². The Morgan fingerprint density at radius 2 is 2.04 bits per heavy atom. The summed E-state index contributed by atoms with van der Waals surface area (Å²) in [6.07, 6.45) is -1.12. The molecule has 1 saturated heterocycles. The van der Waals surface area contributed by atoms with Crippen LogP contribution in [0.1, 0.15) is 57.4 Å². The van der Waals surface area contributed by atoms with E-state index in [9.17, 15) is 14.4 Å². The number of fused-ring (bicyclic) bond motifs is 5. The molecule has 0 saturated carbocycles. The van der Waals surface area contributed by atoms with Gasteiger partial charge in [-0.2, -0.15) is 0 Å². The fourth-order valence-electron chi connectivity index (χ4n) is 4.24. The summed E-state index contributed by atoms with van der Waals surface area (Å²) >= 11 is 0. The van der Waals surface area contributed by atoms with Gasteiger partial charge in [0.2, 0.25) is 5.78 Å². The maximum Gasteiger partial charge on any atom is 0.407 e. The molecule has 1 aromatic rings. The van der Waals surface area contributed by atoms with Crippen molar-refractivity contribution in [1.82, 2.24) is 5.32 Å². The summed E-state index contributed by atoms with van der Waals surface area (Å²) in [4.78, 5) is 37.5. The van der Waals surface area contributed by atoms with Crippen molar-refractivity contribution in [3.63, 3.8) is 0 Å². The van der Waals surface area contributed by atoms with Crippen LogP contribution < -0.4 is 5.32 Å². The molecule has 2 aliphatic carbocycles. The van der Waals surface area contributed by atoms with Crippen LogP contribution in [0, 0.1) is 0 Å². The number of nitrogens with one attached hydrogen (secondary N) is 1. The number of methoxy groups -OCH3 is 1. The van der Waals surface area contributed by atoms with E-state index in [1.54, 1.807) is 13.0 Å². The molecule has 0 radical (unpaired) electrons. The third-order valence-electron chi connectivity index (χ3n) is 5.42. The van der Waals surface area contributed by atoms with Crippen LogP contribution in [0.5, 0.6) is 0 Å². The molecule has 1 aromatic carbocycles. The number of allylic oxidation sites excluding steroid dienone is 2. The molecule has 148 valence electrons. The van der Waals surface area contributed by atoms with Gasteiger partial charge in [0.05, 0.1) is 13.2 Å². The number of ether oxygens (including phenoxy) is 4. The molecule has 4 rings (SSSR count). The topological polar surface area (TPSA) is 100 Å². The predicted octanol–water partition coefficient (Wildman–Crippen LogP) is 2.20. The molecule has 0 aromatic heterocycles. The van der Waals surface area contributed by atoms with Gasteiger partial charge in [-0.05, 0) is 36.6 Å². The maximum absolute atomic E-state index is 13.0. The third kappa shape index (κ3) is 2.63. The zero-order valence-corrected chi connectivity index (χ0v) is 16.1. The lowest BCUT2D eigenvalue weighted by molar-refractivity contribution is -0.0534. The summed E-state index contributed by atoms with van der Waals surface area (Å²) in [5, 5.41) is 2.39. The van der Waals surface area contributed by atoms with Gasteiger partial charge in [0.15, 0.2) is 17.8 Å². The van der Waals surface area contributed by atoms with E-state index in [-0.39, 0.29) is 53.6 Å². The van der Waals surface area contributed by atoms with Gasteiger partial charge in [0, 0.05) is 30.2 Å². The van der Waals surface area contributed by atoms with Crippen molar-refractivity contribution in [2.45, 2.75) is 45.4 Å². The molecular weight excluding hydrogens is 366 g/mol. The van der Waals surface area contributed by atoms with Crippen LogP contribution in [-0.4, -0.2) is 44.2 Å². The first-order valence-corrected chi connectivity index (χ1v) is 9.05. The van der Waals surface area contributed by atoms with Crippen molar-refractivity contribution < 1.29 is 33.3 Å². The fraction of sp³-hybridized carbons (Fsp3) is 0.450. The van der Waals surface area contributed by atoms with E-state index in [4.69, 9.17) is 18.9 Å². The normalized spacial score (nSPS) is 25.4. The number of carbonyl (C=O) groups excluding carboxylic acids is 3. The third-order valence-corrected chi connectivity index (χ3v) is 5.42. The zero-order valence-electron chi connectivity index (χ0n) is 16.1. The van der Waals surface area contributed by atoms with E-state index in [1.807, 2.05) is 6.92 Å². The number of amides is 1. The van der Waals surface area contributed by atoms with E-state index in [0.29, 0.717) is 17.5 Å². The Labute approximate surface area is 161 Å². The average Bonchev–Trinajstić information content (AvgIpc) is 3.20. The molecule has 3 unspecified atom stereocenters. The van der Waals surface area contributed by atoms with Crippen LogP contribution in [0.2, 0.25) is 0 Å². The fourth-order valence-corrected chi connectivity index (χ4v) is 4.24. The number of ketones is 2. The first-order chi connectivity index (χ1) is 13.4. The number of carbonyl (C=O) groups is 3. The molecule has 0 bridgehead atoms. The molecule has 8 nitrogen and oxygen atoms in total. The summed E-state index contributed by atoms with van der Waals surface area (Å²) in [6, 6.07) is 1.61. The monoisotopic (exact) mass is 387 g/mol. The van der Waals surface area contributed by atoms with Crippen molar-refractivity contribution in [3.05, 3.63) is 45.2 Å². The summed E-state index contributed by atoms with van der Waals surface area (Å²) in [6.45, 7) is 3.34. The second-order valence-corrected chi connectivity index (χ2v) is 7.00. The summed E-state index contributed by atoms with van der Waals surface area (Å²) in [5.74, 6) is -0.560. The highest BCUT2D eigenvalue weighted by Crippen LogP contribution is 2.47. The van der Waals surface area contributed by atoms with Crippen LogP contribution in [0.25, 0.3) is 0 Å². The van der Waals surface area contributed by atoms with Gasteiger partial charge >= 0.3 is 6.09 Å². The molecular formula is C20H21NO7. The summed E-state index contributed by atoms with van der Waals surface area (Å²) in [7, 11) is 2.83. The Morgan fingerprint density at radius 1 is 1.29 bits per heavy atom. The molecule has 28 heavy (non-hydrogen) atoms. The lowest BCUT2D eigenvalue weighted by Gasteiger charge is -2.23. The Balaban J connectivity index is 1.87. The van der Waals surface area contributed by atoms with Crippen molar-refractivity contribution in [3.8, 4) is 0 Å². The maximum atomic E-state index is 13.0. The smallest absolute Gasteiger partial charge is 0.407 e. The quantitative estimate of drug-likeness (QED) is 0.849. The first-order valence-electron chi connectivity index (χ1n) is 9.05. The molecule has 3 atom stereocenters. The largest absolute Gasteiger partial charge is 0.492 e. The summed E-state index contributed by atoms with van der Waals surface area (Å²) in [5.41, 5.74) is 3.03. The van der Waals surface area contributed by atoms with Crippen molar-refractivity contribution in [1.29, 1.82) is 0 Å². The average molecular weight is 387 g/mol. The zero-order chi connectivity index (χ0) is 20.2. The van der Waals surface area contributed by atoms with Gasteiger partial charge in [0.25, 0.3) is 0 Å². The molecule has 0 spiro atoms. The van der Waals surface area contributed by atoms with Gasteiger partial charge in [0.1, 0.15) is 12.7 Å². The number of hydrogen-bond acceptors (Lipinski definition) is 7. The number of hydrogen-bond donors (Lipinski definition) is 1. The highest BCUT2D eigenvalue weighted by Gasteiger charge is 2.47. The highest BCUT2D eigenvalue weighted by atomic mass is 16.7. The van der Waals surface area contributed by atoms with Gasteiger partial charge in [-0.25, -0.2) is 4.79 Å². The number of benzene rings is 1. The van der Waals surface area contributed by atoms with Crippen molar-refractivity contribution in [2.75, 3.05) is 14.2 Å². The first kappa shape index (κ1) is 18.6. The predicted molar refractivity (Wildman–Crippen MR) is 95.9 cm³/mol. The lowest BCUT2D eigenvalue weighted by Crippen LogP contribution is -2.25. The van der Waals surface area contributed by atoms with Crippen LogP contribution in [-0.2, 0) is 32.0 Å². The van der Waals surface area contributed by atoms with E-state index in [0.717, 1.165) is 11.1 Å². The molecule has 8 heteroatoms. The Bertz CT molecular complexity index is 933. The van der Waals surface area contributed by atoms with Crippen LogP contribution in [0.15, 0.2) is 17.4 Å². The Kier molecular flexibility index (Phi) is 4.47. The number of alkyl carbamates (subject to hydrolysis) is 1. The Hall–Kier alpha value is -2.71. The second-order valence-electron chi connectivity index (χ2n) is 7.00. The van der Waals surface area contributed by atoms with Gasteiger partial charge < -0.3 is 24.3 Å². The Morgan fingerprint density at radius 3 is 2.71 bits per heavy atom. The van der Waals surface area contributed by atoms with E-state index in [1.165, 1.54) is 14.2 Å². The molecule has 1 aliphatic heterocycles. The molecule has 3 aliphatic rings. The second kappa shape index (κ2) is 6.72. The minimum absolute atomic E-state index is 0.0370. The minimum Gasteiger partial charge on any atom is -0.492 e. The molecule has 1 amide bonds. The van der Waals surface area contributed by atoms with Crippen molar-refractivity contribution >= 4 is 17.7 Å². The standard InChI is InChI=1S/C20H21NO7/c1-8-16(22)15-11-6-13-19(28-9(2)27-13)14(11)10(7-26-20(24)21-3)5-12(15)17(23)18(8)25-4/h5,9,13,19H,6-7H2,1-4H3,(H,21,24). The van der Waals surface area contributed by atoms with Crippen LogP contribution in [0.3, 0.4) is 0 Å². The van der Waals surface area contributed by atoms with Crippen LogP contribution >= 0.6 is 0 Å². The van der Waals surface area contributed by atoms with E-state index >= 15 is 0 Å². The van der Waals surface area contributed by atoms with Gasteiger partial charge in [-0.3, -0.25) is 9.59 Å². The molecule has 1 fully saturated rings. The molecule has 1 N–H and O–H groups in total.